The lowest BCUT2D eigenvalue weighted by molar-refractivity contribution is 0.338. The van der Waals surface area contributed by atoms with Gasteiger partial charge in [-0.3, -0.25) is 0 Å². The second kappa shape index (κ2) is 7.76. The van der Waals surface area contributed by atoms with E-state index in [9.17, 15) is 13.5 Å². The molecule has 3 rings (SSSR count). The molecule has 146 valence electrons. The summed E-state index contributed by atoms with van der Waals surface area (Å²) in [5, 5.41) is 10.3. The van der Waals surface area contributed by atoms with E-state index in [0.717, 1.165) is 24.9 Å². The number of nitrogens with zero attached hydrogens (tertiary/aromatic N) is 1. The van der Waals surface area contributed by atoms with Gasteiger partial charge in [0.05, 0.1) is 21.2 Å². The summed E-state index contributed by atoms with van der Waals surface area (Å²) in [4.78, 5) is 3.01. The second-order valence-electron chi connectivity index (χ2n) is 7.59. The third kappa shape index (κ3) is 4.11. The van der Waals surface area contributed by atoms with Crippen molar-refractivity contribution in [1.82, 2.24) is 0 Å². The monoisotopic (exact) mass is 405 g/mol. The summed E-state index contributed by atoms with van der Waals surface area (Å²) >= 11 is 1.41. The van der Waals surface area contributed by atoms with Gasteiger partial charge in [0.1, 0.15) is 5.75 Å². The summed E-state index contributed by atoms with van der Waals surface area (Å²) in [5.41, 5.74) is 1.26. The van der Waals surface area contributed by atoms with Crippen molar-refractivity contribution in [3.63, 3.8) is 0 Å². The highest BCUT2D eigenvalue weighted by molar-refractivity contribution is 7.98. The van der Waals surface area contributed by atoms with Gasteiger partial charge in [0.2, 0.25) is 0 Å². The summed E-state index contributed by atoms with van der Waals surface area (Å²) in [5.74, 6) is 0.115. The number of benzene rings is 2. The highest BCUT2D eigenvalue weighted by atomic mass is 32.2. The maximum atomic E-state index is 13.3. The molecule has 1 atom stereocenters. The molecule has 0 aromatic heterocycles. The summed E-state index contributed by atoms with van der Waals surface area (Å²) in [7, 11) is -3.52. The molecular weight excluding hydrogens is 378 g/mol. The van der Waals surface area contributed by atoms with E-state index in [1.807, 2.05) is 42.7 Å². The first-order valence-corrected chi connectivity index (χ1v) is 12.1. The zero-order valence-corrected chi connectivity index (χ0v) is 17.7. The van der Waals surface area contributed by atoms with Gasteiger partial charge in [-0.25, -0.2) is 8.42 Å². The van der Waals surface area contributed by atoms with E-state index in [1.165, 1.54) is 17.8 Å². The van der Waals surface area contributed by atoms with Gasteiger partial charge in [0.15, 0.2) is 9.84 Å². The lowest BCUT2D eigenvalue weighted by atomic mass is 9.86. The third-order valence-corrected chi connectivity index (χ3v) is 8.01. The fraction of sp³-hybridized carbons (Fsp3) is 0.429. The standard InChI is InChI=1S/C21H27NO3S2/c1-4-5-11-21(2)14-22(16-9-7-6-8-10-16)17-12-19(26-3)18(23)13-20(17)27(24,25)15-21/h6-10,12-13,23H,4-5,11,14-15H2,1-3H3. The largest absolute Gasteiger partial charge is 0.507 e. The Bertz CT molecular complexity index is 913. The van der Waals surface area contributed by atoms with E-state index >= 15 is 0 Å². The molecule has 6 heteroatoms. The van der Waals surface area contributed by atoms with Gasteiger partial charge in [-0.1, -0.05) is 44.9 Å². The number of phenolic OH excluding ortho intramolecular Hbond substituents is 1. The number of sulfone groups is 1. The van der Waals surface area contributed by atoms with Crippen LogP contribution in [0, 0.1) is 5.41 Å². The Morgan fingerprint density at radius 2 is 1.93 bits per heavy atom. The Labute approximate surface area is 166 Å². The van der Waals surface area contributed by atoms with E-state index in [2.05, 4.69) is 18.7 Å². The van der Waals surface area contributed by atoms with Gasteiger partial charge in [-0.2, -0.15) is 0 Å². The maximum absolute atomic E-state index is 13.3. The minimum atomic E-state index is -3.52. The smallest absolute Gasteiger partial charge is 0.181 e. The normalized spacial score (nSPS) is 21.5. The number of para-hydroxylation sites is 1. The lowest BCUT2D eigenvalue weighted by Crippen LogP contribution is -2.35. The predicted molar refractivity (Wildman–Crippen MR) is 113 cm³/mol. The van der Waals surface area contributed by atoms with Crippen LogP contribution < -0.4 is 4.90 Å². The highest BCUT2D eigenvalue weighted by Gasteiger charge is 2.39. The molecule has 1 aliphatic rings. The van der Waals surface area contributed by atoms with Crippen molar-refractivity contribution in [2.75, 3.05) is 23.5 Å². The van der Waals surface area contributed by atoms with Gasteiger partial charge in [0, 0.05) is 18.3 Å². The van der Waals surface area contributed by atoms with Gasteiger partial charge in [0.25, 0.3) is 0 Å². The Kier molecular flexibility index (Phi) is 5.77. The van der Waals surface area contributed by atoms with Crippen LogP contribution in [0.15, 0.2) is 52.3 Å². The molecule has 2 aromatic rings. The van der Waals surface area contributed by atoms with Crippen molar-refractivity contribution in [2.24, 2.45) is 5.41 Å². The van der Waals surface area contributed by atoms with Crippen LogP contribution in [0.2, 0.25) is 0 Å². The molecule has 0 saturated heterocycles. The van der Waals surface area contributed by atoms with E-state index < -0.39 is 9.84 Å². The van der Waals surface area contributed by atoms with E-state index in [0.29, 0.717) is 17.1 Å². The molecule has 0 radical (unpaired) electrons. The minimum Gasteiger partial charge on any atom is -0.507 e. The fourth-order valence-corrected chi connectivity index (χ4v) is 6.39. The Morgan fingerprint density at radius 3 is 2.56 bits per heavy atom. The van der Waals surface area contributed by atoms with Gasteiger partial charge in [-0.05, 0) is 36.3 Å². The summed E-state index contributed by atoms with van der Waals surface area (Å²) < 4.78 is 26.5. The van der Waals surface area contributed by atoms with Crippen LogP contribution in [-0.2, 0) is 9.84 Å². The van der Waals surface area contributed by atoms with Crippen LogP contribution in [0.4, 0.5) is 11.4 Å². The SMILES string of the molecule is CCCCC1(C)CN(c2ccccc2)c2cc(SC)c(O)cc2S(=O)(=O)C1. The fourth-order valence-electron chi connectivity index (χ4n) is 3.80. The molecule has 0 amide bonds. The molecule has 0 saturated carbocycles. The zero-order chi connectivity index (χ0) is 19.7. The van der Waals surface area contributed by atoms with Gasteiger partial charge >= 0.3 is 0 Å². The average molecular weight is 406 g/mol. The topological polar surface area (TPSA) is 57.6 Å². The molecule has 27 heavy (non-hydrogen) atoms. The zero-order valence-electron chi connectivity index (χ0n) is 16.1. The summed E-state index contributed by atoms with van der Waals surface area (Å²) in [6, 6.07) is 13.1. The molecule has 2 aromatic carbocycles. The number of hydrogen-bond acceptors (Lipinski definition) is 5. The van der Waals surface area contributed by atoms with Crippen molar-refractivity contribution in [3.05, 3.63) is 42.5 Å². The van der Waals surface area contributed by atoms with E-state index in [1.54, 1.807) is 0 Å². The van der Waals surface area contributed by atoms with E-state index in [-0.39, 0.29) is 21.8 Å². The van der Waals surface area contributed by atoms with Crippen molar-refractivity contribution in [3.8, 4) is 5.75 Å². The van der Waals surface area contributed by atoms with Crippen molar-refractivity contribution in [1.29, 1.82) is 0 Å². The molecule has 0 bridgehead atoms. The predicted octanol–water partition coefficient (Wildman–Crippen LogP) is 5.24. The van der Waals surface area contributed by atoms with E-state index in [4.69, 9.17) is 0 Å². The van der Waals surface area contributed by atoms with Crippen molar-refractivity contribution >= 4 is 33.0 Å². The minimum absolute atomic E-state index is 0.0231. The average Bonchev–Trinajstić information content (AvgIpc) is 2.73. The molecule has 1 aliphatic heterocycles. The quantitative estimate of drug-likeness (QED) is 0.690. The number of thioether (sulfide) groups is 1. The van der Waals surface area contributed by atoms with Gasteiger partial charge < -0.3 is 10.0 Å². The second-order valence-corrected chi connectivity index (χ2v) is 10.4. The van der Waals surface area contributed by atoms with Crippen LogP contribution in [0.5, 0.6) is 5.75 Å². The van der Waals surface area contributed by atoms with Crippen molar-refractivity contribution < 1.29 is 13.5 Å². The number of unbranched alkanes of at least 4 members (excludes halogenated alkanes) is 1. The number of rotatable bonds is 5. The van der Waals surface area contributed by atoms with Crippen LogP contribution >= 0.6 is 11.8 Å². The molecule has 0 spiro atoms. The number of fused-ring (bicyclic) bond motifs is 1. The Morgan fingerprint density at radius 1 is 1.22 bits per heavy atom. The molecule has 1 N–H and O–H groups in total. The molecule has 1 heterocycles. The number of hydrogen-bond donors (Lipinski definition) is 1. The first-order chi connectivity index (χ1) is 12.8. The Hall–Kier alpha value is -1.66. The lowest BCUT2D eigenvalue weighted by Gasteiger charge is -2.34. The molecule has 1 unspecified atom stereocenters. The van der Waals surface area contributed by atoms with Gasteiger partial charge in [-0.15, -0.1) is 11.8 Å². The molecule has 0 aliphatic carbocycles. The number of phenols is 1. The first kappa shape index (κ1) is 20.1. The maximum Gasteiger partial charge on any atom is 0.181 e. The Balaban J connectivity index is 2.23. The summed E-state index contributed by atoms with van der Waals surface area (Å²) in [6.07, 6.45) is 4.75. The van der Waals surface area contributed by atoms with Crippen LogP contribution in [0.25, 0.3) is 0 Å². The van der Waals surface area contributed by atoms with Crippen molar-refractivity contribution in [2.45, 2.75) is 42.9 Å². The number of aromatic hydroxyl groups is 1. The third-order valence-electron chi connectivity index (χ3n) is 5.17. The highest BCUT2D eigenvalue weighted by Crippen LogP contribution is 2.45. The first-order valence-electron chi connectivity index (χ1n) is 9.26. The molecular formula is C21H27NO3S2. The van der Waals surface area contributed by atoms with Crippen LogP contribution in [-0.4, -0.2) is 32.1 Å². The number of anilines is 2. The molecule has 4 nitrogen and oxygen atoms in total. The summed E-state index contributed by atoms with van der Waals surface area (Å²) in [6.45, 7) is 4.82. The molecule has 0 fully saturated rings. The van der Waals surface area contributed by atoms with Crippen LogP contribution in [0.1, 0.15) is 33.1 Å². The van der Waals surface area contributed by atoms with Crippen LogP contribution in [0.3, 0.4) is 0 Å².